The lowest BCUT2D eigenvalue weighted by Gasteiger charge is -2.33. The minimum Gasteiger partial charge on any atom is -0.388 e. The molecule has 0 amide bonds. The van der Waals surface area contributed by atoms with Crippen LogP contribution in [-0.4, -0.2) is 73.0 Å². The second kappa shape index (κ2) is 11.7. The van der Waals surface area contributed by atoms with E-state index < -0.39 is 5.60 Å². The molecule has 0 atom stereocenters. The second-order valence-corrected chi connectivity index (χ2v) is 7.31. The number of rotatable bonds is 10. The molecule has 3 N–H and O–H groups in total. The van der Waals surface area contributed by atoms with E-state index in [0.717, 1.165) is 64.4 Å². The van der Waals surface area contributed by atoms with Crippen LogP contribution in [0.15, 0.2) is 4.99 Å². The average Bonchev–Trinajstić information content (AvgIpc) is 2.61. The number of nitrogens with one attached hydrogen (secondary N) is 2. The molecule has 0 saturated carbocycles. The van der Waals surface area contributed by atoms with E-state index in [1.807, 2.05) is 13.8 Å². The summed E-state index contributed by atoms with van der Waals surface area (Å²) in [5.41, 5.74) is -0.692. The van der Waals surface area contributed by atoms with Gasteiger partial charge in [-0.25, -0.2) is 0 Å². The Morgan fingerprint density at radius 3 is 2.40 bits per heavy atom. The Balaban J connectivity index is 2.42. The Morgan fingerprint density at radius 1 is 1.24 bits per heavy atom. The Labute approximate surface area is 154 Å². The highest BCUT2D eigenvalue weighted by Gasteiger charge is 2.23. The summed E-state index contributed by atoms with van der Waals surface area (Å²) >= 11 is 0. The van der Waals surface area contributed by atoms with Gasteiger partial charge in [-0.05, 0) is 46.5 Å². The van der Waals surface area contributed by atoms with Gasteiger partial charge in [-0.1, -0.05) is 13.8 Å². The number of hydrogen-bond acceptors (Lipinski definition) is 4. The molecular weight excluding hydrogens is 316 g/mol. The summed E-state index contributed by atoms with van der Waals surface area (Å²) in [7, 11) is 0. The first-order valence-electron chi connectivity index (χ1n) is 10.0. The smallest absolute Gasteiger partial charge is 0.191 e. The third-order valence-corrected chi connectivity index (χ3v) is 4.98. The highest BCUT2D eigenvalue weighted by atomic mass is 16.5. The number of piperidine rings is 1. The van der Waals surface area contributed by atoms with Crippen molar-refractivity contribution in [3.63, 3.8) is 0 Å². The van der Waals surface area contributed by atoms with Crippen LogP contribution in [0.25, 0.3) is 0 Å². The second-order valence-electron chi connectivity index (χ2n) is 7.31. The van der Waals surface area contributed by atoms with Crippen molar-refractivity contribution >= 4 is 5.96 Å². The monoisotopic (exact) mass is 356 g/mol. The Kier molecular flexibility index (Phi) is 10.4. The summed E-state index contributed by atoms with van der Waals surface area (Å²) in [6, 6.07) is 0.441. The predicted octanol–water partition coefficient (Wildman–Crippen LogP) is 1.98. The number of nitrogens with zero attached hydrogens (tertiary/aromatic N) is 2. The van der Waals surface area contributed by atoms with Crippen molar-refractivity contribution in [1.82, 2.24) is 15.5 Å². The van der Waals surface area contributed by atoms with Gasteiger partial charge in [-0.2, -0.15) is 0 Å². The van der Waals surface area contributed by atoms with Gasteiger partial charge >= 0.3 is 0 Å². The van der Waals surface area contributed by atoms with Crippen molar-refractivity contribution < 1.29 is 9.84 Å². The van der Waals surface area contributed by atoms with Crippen molar-refractivity contribution in [2.45, 2.75) is 78.0 Å². The number of ether oxygens (including phenoxy) is 1. The van der Waals surface area contributed by atoms with E-state index in [1.54, 1.807) is 0 Å². The molecular formula is C19H40N4O2. The normalized spacial score (nSPS) is 18.0. The first kappa shape index (κ1) is 22.2. The van der Waals surface area contributed by atoms with E-state index in [0.29, 0.717) is 18.7 Å². The highest BCUT2D eigenvalue weighted by molar-refractivity contribution is 5.80. The summed E-state index contributed by atoms with van der Waals surface area (Å²) in [6.45, 7) is 15.5. The van der Waals surface area contributed by atoms with Crippen molar-refractivity contribution in [3.8, 4) is 0 Å². The number of hydrogen-bond donors (Lipinski definition) is 3. The van der Waals surface area contributed by atoms with E-state index in [4.69, 9.17) is 4.74 Å². The lowest BCUT2D eigenvalue weighted by Crippen LogP contribution is -2.49. The van der Waals surface area contributed by atoms with Gasteiger partial charge in [0.15, 0.2) is 5.96 Å². The SMILES string of the molecule is CCNC(=NCC(O)(CC)CC)NC1CCN(CCOC(C)C)CC1. The number of aliphatic imine (C=N–C) groups is 1. The van der Waals surface area contributed by atoms with Crippen LogP contribution in [0.4, 0.5) is 0 Å². The van der Waals surface area contributed by atoms with Crippen molar-refractivity contribution in [2.24, 2.45) is 4.99 Å². The molecule has 25 heavy (non-hydrogen) atoms. The quantitative estimate of drug-likeness (QED) is 0.412. The topological polar surface area (TPSA) is 69.1 Å². The summed E-state index contributed by atoms with van der Waals surface area (Å²) in [5.74, 6) is 0.824. The minimum atomic E-state index is -0.692. The third-order valence-electron chi connectivity index (χ3n) is 4.98. The lowest BCUT2D eigenvalue weighted by molar-refractivity contribution is 0.0417. The Hall–Kier alpha value is -0.850. The largest absolute Gasteiger partial charge is 0.388 e. The van der Waals surface area contributed by atoms with Crippen LogP contribution in [0.1, 0.15) is 60.3 Å². The minimum absolute atomic E-state index is 0.308. The summed E-state index contributed by atoms with van der Waals surface area (Å²) < 4.78 is 5.64. The Bertz CT molecular complexity index is 376. The fourth-order valence-corrected chi connectivity index (χ4v) is 2.93. The first-order valence-corrected chi connectivity index (χ1v) is 10.0. The van der Waals surface area contributed by atoms with E-state index in [1.165, 1.54) is 0 Å². The predicted molar refractivity (Wildman–Crippen MR) is 105 cm³/mol. The molecule has 1 aliphatic heterocycles. The molecule has 0 aromatic carbocycles. The molecule has 6 heteroatoms. The highest BCUT2D eigenvalue weighted by Crippen LogP contribution is 2.15. The van der Waals surface area contributed by atoms with Gasteiger partial charge in [-0.15, -0.1) is 0 Å². The molecule has 1 fully saturated rings. The van der Waals surface area contributed by atoms with Gasteiger partial charge in [0.25, 0.3) is 0 Å². The fraction of sp³-hybridized carbons (Fsp3) is 0.947. The van der Waals surface area contributed by atoms with Crippen LogP contribution in [0.2, 0.25) is 0 Å². The van der Waals surface area contributed by atoms with E-state index in [9.17, 15) is 5.11 Å². The number of likely N-dealkylation sites (tertiary alicyclic amines) is 1. The zero-order valence-electron chi connectivity index (χ0n) is 17.0. The standard InChI is InChI=1S/C19H40N4O2/c1-6-19(24,7-2)15-21-18(20-8-3)22-17-9-11-23(12-10-17)13-14-25-16(4)5/h16-17,24H,6-15H2,1-5H3,(H2,20,21,22). The molecule has 0 aromatic heterocycles. The molecule has 1 saturated heterocycles. The molecule has 148 valence electrons. The number of guanidine groups is 1. The Morgan fingerprint density at radius 2 is 1.88 bits per heavy atom. The third kappa shape index (κ3) is 8.88. The van der Waals surface area contributed by atoms with Crippen LogP contribution in [0.3, 0.4) is 0 Å². The summed E-state index contributed by atoms with van der Waals surface area (Å²) in [6.07, 6.45) is 3.98. The van der Waals surface area contributed by atoms with Crippen LogP contribution in [0, 0.1) is 0 Å². The van der Waals surface area contributed by atoms with E-state index >= 15 is 0 Å². The van der Waals surface area contributed by atoms with Gasteiger partial charge < -0.3 is 25.4 Å². The molecule has 1 heterocycles. The lowest BCUT2D eigenvalue weighted by atomic mass is 9.98. The van der Waals surface area contributed by atoms with Gasteiger partial charge in [0, 0.05) is 32.2 Å². The van der Waals surface area contributed by atoms with Crippen LogP contribution >= 0.6 is 0 Å². The van der Waals surface area contributed by atoms with E-state index in [2.05, 4.69) is 41.3 Å². The molecule has 6 nitrogen and oxygen atoms in total. The van der Waals surface area contributed by atoms with Gasteiger partial charge in [0.1, 0.15) is 0 Å². The molecule has 0 spiro atoms. The zero-order valence-corrected chi connectivity index (χ0v) is 17.0. The van der Waals surface area contributed by atoms with Crippen LogP contribution in [-0.2, 0) is 4.74 Å². The zero-order chi connectivity index (χ0) is 18.7. The molecule has 1 rings (SSSR count). The fourth-order valence-electron chi connectivity index (χ4n) is 2.93. The molecule has 1 aliphatic rings. The first-order chi connectivity index (χ1) is 11.9. The van der Waals surface area contributed by atoms with Gasteiger partial charge in [0.05, 0.1) is 24.9 Å². The van der Waals surface area contributed by atoms with Crippen LogP contribution in [0.5, 0.6) is 0 Å². The summed E-state index contributed by atoms with van der Waals surface area (Å²) in [4.78, 5) is 7.09. The van der Waals surface area contributed by atoms with Crippen molar-refractivity contribution in [2.75, 3.05) is 39.3 Å². The molecule has 0 bridgehead atoms. The summed E-state index contributed by atoms with van der Waals surface area (Å²) in [5, 5.41) is 17.3. The maximum absolute atomic E-state index is 10.4. The molecule has 0 unspecified atom stereocenters. The van der Waals surface area contributed by atoms with Gasteiger partial charge in [-0.3, -0.25) is 4.99 Å². The van der Waals surface area contributed by atoms with Gasteiger partial charge in [0.2, 0.25) is 0 Å². The van der Waals surface area contributed by atoms with Crippen molar-refractivity contribution in [1.29, 1.82) is 0 Å². The maximum Gasteiger partial charge on any atom is 0.191 e. The molecule has 0 aromatic rings. The van der Waals surface area contributed by atoms with Crippen molar-refractivity contribution in [3.05, 3.63) is 0 Å². The maximum atomic E-state index is 10.4. The average molecular weight is 357 g/mol. The number of aliphatic hydroxyl groups is 1. The molecule has 0 radical (unpaired) electrons. The molecule has 0 aliphatic carbocycles. The van der Waals surface area contributed by atoms with Crippen LogP contribution < -0.4 is 10.6 Å². The van der Waals surface area contributed by atoms with E-state index in [-0.39, 0.29) is 0 Å².